The highest BCUT2D eigenvalue weighted by Crippen LogP contribution is 2.32. The molecule has 0 spiro atoms. The van der Waals surface area contributed by atoms with E-state index in [1.165, 1.54) is 6.07 Å². The summed E-state index contributed by atoms with van der Waals surface area (Å²) in [6.07, 6.45) is -4.42. The van der Waals surface area contributed by atoms with E-state index in [9.17, 15) is 13.2 Å². The van der Waals surface area contributed by atoms with Crippen LogP contribution in [0.5, 0.6) is 5.75 Å². The standard InChI is InChI=1S/C9H9F3INO/c1-14(13)5-6-2-7(9(10,11)12)4-8(15)3-6/h2-4,15H,5H2,1H3. The van der Waals surface area contributed by atoms with Gasteiger partial charge in [0.1, 0.15) is 5.75 Å². The third-order valence-electron chi connectivity index (χ3n) is 1.71. The first-order valence-corrected chi connectivity index (χ1v) is 5.02. The van der Waals surface area contributed by atoms with Crippen LogP contribution in [0.3, 0.4) is 0 Å². The van der Waals surface area contributed by atoms with Gasteiger partial charge in [0.05, 0.1) is 5.56 Å². The Morgan fingerprint density at radius 1 is 1.33 bits per heavy atom. The van der Waals surface area contributed by atoms with E-state index < -0.39 is 11.7 Å². The summed E-state index contributed by atoms with van der Waals surface area (Å²) >= 11 is 1.96. The highest BCUT2D eigenvalue weighted by molar-refractivity contribution is 14.1. The van der Waals surface area contributed by atoms with Crippen molar-refractivity contribution in [3.05, 3.63) is 29.3 Å². The summed E-state index contributed by atoms with van der Waals surface area (Å²) < 4.78 is 38.8. The van der Waals surface area contributed by atoms with Crippen molar-refractivity contribution in [3.8, 4) is 5.75 Å². The van der Waals surface area contributed by atoms with E-state index >= 15 is 0 Å². The second kappa shape index (κ2) is 4.56. The zero-order valence-corrected chi connectivity index (χ0v) is 10.0. The minimum atomic E-state index is -4.42. The van der Waals surface area contributed by atoms with Crippen LogP contribution in [0, 0.1) is 0 Å². The molecule has 0 saturated heterocycles. The lowest BCUT2D eigenvalue weighted by Crippen LogP contribution is -2.08. The average molecular weight is 331 g/mol. The smallest absolute Gasteiger partial charge is 0.416 e. The van der Waals surface area contributed by atoms with Crippen LogP contribution < -0.4 is 0 Å². The zero-order valence-electron chi connectivity index (χ0n) is 7.85. The Kier molecular flexibility index (Phi) is 3.82. The zero-order chi connectivity index (χ0) is 11.6. The summed E-state index contributed by atoms with van der Waals surface area (Å²) in [5.74, 6) is -0.363. The van der Waals surface area contributed by atoms with Crippen molar-refractivity contribution < 1.29 is 18.3 Å². The highest BCUT2D eigenvalue weighted by Gasteiger charge is 2.31. The first kappa shape index (κ1) is 12.6. The molecular weight excluding hydrogens is 322 g/mol. The maximum Gasteiger partial charge on any atom is 0.416 e. The van der Waals surface area contributed by atoms with Gasteiger partial charge in [0.15, 0.2) is 0 Å². The van der Waals surface area contributed by atoms with E-state index in [1.54, 1.807) is 10.2 Å². The monoisotopic (exact) mass is 331 g/mol. The summed E-state index contributed by atoms with van der Waals surface area (Å²) in [6, 6.07) is 3.08. The molecule has 15 heavy (non-hydrogen) atoms. The molecule has 0 aliphatic carbocycles. The SMILES string of the molecule is CN(I)Cc1cc(O)cc(C(F)(F)F)c1. The first-order chi connectivity index (χ1) is 6.79. The Bertz CT molecular complexity index is 352. The topological polar surface area (TPSA) is 23.5 Å². The van der Waals surface area contributed by atoms with Gasteiger partial charge in [-0.15, -0.1) is 0 Å². The molecule has 0 aromatic heterocycles. The quantitative estimate of drug-likeness (QED) is 0.665. The van der Waals surface area contributed by atoms with E-state index in [2.05, 4.69) is 0 Å². The molecule has 84 valence electrons. The Balaban J connectivity index is 3.06. The normalized spacial score (nSPS) is 12.1. The second-order valence-electron chi connectivity index (χ2n) is 3.15. The third kappa shape index (κ3) is 3.86. The van der Waals surface area contributed by atoms with Crippen LogP contribution in [-0.4, -0.2) is 15.3 Å². The lowest BCUT2D eigenvalue weighted by Gasteiger charge is -2.12. The van der Waals surface area contributed by atoms with Gasteiger partial charge < -0.3 is 5.11 Å². The number of benzene rings is 1. The predicted molar refractivity (Wildman–Crippen MR) is 58.6 cm³/mol. The number of hydrogen-bond acceptors (Lipinski definition) is 2. The maximum atomic E-state index is 12.4. The van der Waals surface area contributed by atoms with E-state index in [1.807, 2.05) is 22.9 Å². The molecule has 0 saturated carbocycles. The van der Waals surface area contributed by atoms with E-state index in [-0.39, 0.29) is 5.75 Å². The second-order valence-corrected chi connectivity index (χ2v) is 4.80. The molecule has 0 aliphatic rings. The molecule has 0 atom stereocenters. The summed E-state index contributed by atoms with van der Waals surface area (Å²) in [5.41, 5.74) is -0.394. The number of nitrogens with zero attached hydrogens (tertiary/aromatic N) is 1. The van der Waals surface area contributed by atoms with Gasteiger partial charge >= 0.3 is 6.18 Å². The Labute approximate surface area is 99.2 Å². The molecule has 1 aromatic rings. The van der Waals surface area contributed by atoms with Gasteiger partial charge in [-0.3, -0.25) is 0 Å². The molecule has 0 heterocycles. The first-order valence-electron chi connectivity index (χ1n) is 4.06. The highest BCUT2D eigenvalue weighted by atomic mass is 127. The lowest BCUT2D eigenvalue weighted by atomic mass is 10.1. The lowest BCUT2D eigenvalue weighted by molar-refractivity contribution is -0.137. The molecule has 0 unspecified atom stereocenters. The number of alkyl halides is 3. The molecule has 1 rings (SSSR count). The summed E-state index contributed by atoms with van der Waals surface area (Å²) in [5, 5.41) is 9.15. The van der Waals surface area contributed by atoms with Gasteiger partial charge in [-0.1, -0.05) is 0 Å². The molecule has 0 amide bonds. The Hall–Kier alpha value is -0.500. The molecule has 0 bridgehead atoms. The fourth-order valence-corrected chi connectivity index (χ4v) is 1.57. The van der Waals surface area contributed by atoms with Crippen LogP contribution in [-0.2, 0) is 12.7 Å². The van der Waals surface area contributed by atoms with Gasteiger partial charge in [-0.2, -0.15) is 13.2 Å². The van der Waals surface area contributed by atoms with Crippen LogP contribution in [0.25, 0.3) is 0 Å². The maximum absolute atomic E-state index is 12.4. The molecule has 6 heteroatoms. The number of halogens is 4. The van der Waals surface area contributed by atoms with Crippen LogP contribution >= 0.6 is 22.9 Å². The van der Waals surface area contributed by atoms with Crippen molar-refractivity contribution in [3.63, 3.8) is 0 Å². The van der Waals surface area contributed by atoms with Gasteiger partial charge in [-0.25, -0.2) is 3.11 Å². The number of aromatic hydroxyl groups is 1. The van der Waals surface area contributed by atoms with E-state index in [0.717, 1.165) is 12.1 Å². The molecular formula is C9H9F3INO. The van der Waals surface area contributed by atoms with Crippen molar-refractivity contribution in [2.24, 2.45) is 0 Å². The Morgan fingerprint density at radius 3 is 2.40 bits per heavy atom. The molecule has 1 aromatic carbocycles. The van der Waals surface area contributed by atoms with Crippen molar-refractivity contribution in [2.45, 2.75) is 12.7 Å². The van der Waals surface area contributed by atoms with Crippen LogP contribution in [0.4, 0.5) is 13.2 Å². The summed E-state index contributed by atoms with van der Waals surface area (Å²) in [6.45, 7) is 0.345. The summed E-state index contributed by atoms with van der Waals surface area (Å²) in [7, 11) is 1.73. The van der Waals surface area contributed by atoms with E-state index in [4.69, 9.17) is 5.11 Å². The number of hydrogen-bond donors (Lipinski definition) is 1. The molecule has 0 aliphatic heterocycles. The largest absolute Gasteiger partial charge is 0.508 e. The Morgan fingerprint density at radius 2 is 1.93 bits per heavy atom. The number of phenols is 1. The number of rotatable bonds is 2. The molecule has 0 radical (unpaired) electrons. The molecule has 1 N–H and O–H groups in total. The van der Waals surface area contributed by atoms with Crippen molar-refractivity contribution >= 4 is 22.9 Å². The van der Waals surface area contributed by atoms with Crippen molar-refractivity contribution in [2.75, 3.05) is 7.05 Å². The van der Waals surface area contributed by atoms with Gasteiger partial charge in [0.25, 0.3) is 0 Å². The fraction of sp³-hybridized carbons (Fsp3) is 0.333. The minimum Gasteiger partial charge on any atom is -0.508 e. The fourth-order valence-electron chi connectivity index (χ4n) is 1.18. The van der Waals surface area contributed by atoms with Crippen LogP contribution in [0.2, 0.25) is 0 Å². The average Bonchev–Trinajstić information content (AvgIpc) is 1.99. The number of phenolic OH excluding ortho intramolecular Hbond substituents is 1. The van der Waals surface area contributed by atoms with Crippen LogP contribution in [0.15, 0.2) is 18.2 Å². The predicted octanol–water partition coefficient (Wildman–Crippen LogP) is 3.19. The molecule has 0 fully saturated rings. The minimum absolute atomic E-state index is 0.345. The molecule has 2 nitrogen and oxygen atoms in total. The van der Waals surface area contributed by atoms with Gasteiger partial charge in [0.2, 0.25) is 0 Å². The van der Waals surface area contributed by atoms with Gasteiger partial charge in [-0.05, 0) is 30.8 Å². The van der Waals surface area contributed by atoms with Crippen LogP contribution in [0.1, 0.15) is 11.1 Å². The summed E-state index contributed by atoms with van der Waals surface area (Å²) in [4.78, 5) is 0. The van der Waals surface area contributed by atoms with Crippen molar-refractivity contribution in [1.82, 2.24) is 3.11 Å². The van der Waals surface area contributed by atoms with E-state index in [0.29, 0.717) is 12.1 Å². The van der Waals surface area contributed by atoms with Crippen molar-refractivity contribution in [1.29, 1.82) is 0 Å². The third-order valence-corrected chi connectivity index (χ3v) is 2.05. The van der Waals surface area contributed by atoms with Gasteiger partial charge in [0, 0.05) is 29.4 Å².